The lowest BCUT2D eigenvalue weighted by Crippen LogP contribution is -2.32. The van der Waals surface area contributed by atoms with Gasteiger partial charge in [-0.3, -0.25) is 0 Å². The number of hydrogen-bond acceptors (Lipinski definition) is 3. The Hall–Kier alpha value is -1.16. The maximum atomic E-state index is 11.4. The van der Waals surface area contributed by atoms with E-state index in [0.29, 0.717) is 11.8 Å². The number of thioether (sulfide) groups is 1. The van der Waals surface area contributed by atoms with Gasteiger partial charge in [-0.05, 0) is 44.4 Å². The molecule has 0 spiro atoms. The summed E-state index contributed by atoms with van der Waals surface area (Å²) in [6.07, 6.45) is 0.756. The van der Waals surface area contributed by atoms with Gasteiger partial charge in [-0.2, -0.15) is 0 Å². The third-order valence-corrected chi connectivity index (χ3v) is 3.65. The van der Waals surface area contributed by atoms with Crippen molar-refractivity contribution in [1.29, 1.82) is 0 Å². The van der Waals surface area contributed by atoms with E-state index in [9.17, 15) is 4.79 Å². The molecule has 20 heavy (non-hydrogen) atoms. The minimum atomic E-state index is -0.434. The second-order valence-electron chi connectivity index (χ2n) is 5.83. The number of rotatable bonds is 6. The Kier molecular flexibility index (Phi) is 6.93. The van der Waals surface area contributed by atoms with Gasteiger partial charge < -0.3 is 10.1 Å². The predicted molar refractivity (Wildman–Crippen MR) is 86.2 cm³/mol. The Bertz CT molecular complexity index is 401. The van der Waals surface area contributed by atoms with Crippen LogP contribution in [-0.2, 0) is 4.74 Å². The molecule has 1 amide bonds. The molecule has 0 bridgehead atoms. The van der Waals surface area contributed by atoms with E-state index in [2.05, 4.69) is 36.5 Å². The second-order valence-corrected chi connectivity index (χ2v) is 6.94. The molecule has 1 N–H and O–H groups in total. The summed E-state index contributed by atoms with van der Waals surface area (Å²) < 4.78 is 5.17. The van der Waals surface area contributed by atoms with E-state index >= 15 is 0 Å². The molecule has 0 radical (unpaired) electrons. The van der Waals surface area contributed by atoms with E-state index < -0.39 is 5.60 Å². The number of nitrogens with one attached hydrogen (secondary N) is 1. The monoisotopic (exact) mass is 295 g/mol. The Balaban J connectivity index is 2.12. The van der Waals surface area contributed by atoms with Crippen LogP contribution in [0.25, 0.3) is 0 Å². The summed E-state index contributed by atoms with van der Waals surface area (Å²) in [5.74, 6) is 2.16. The van der Waals surface area contributed by atoms with Crippen LogP contribution in [0.15, 0.2) is 30.3 Å². The lowest BCUT2D eigenvalue weighted by Gasteiger charge is -2.19. The molecule has 1 aromatic carbocycles. The molecule has 1 unspecified atom stereocenters. The summed E-state index contributed by atoms with van der Waals surface area (Å²) in [5.41, 5.74) is 0.935. The molecule has 0 fully saturated rings. The van der Waals surface area contributed by atoms with E-state index in [4.69, 9.17) is 4.74 Å². The third-order valence-electron chi connectivity index (χ3n) is 2.78. The molecule has 0 saturated carbocycles. The Morgan fingerprint density at radius 3 is 2.55 bits per heavy atom. The standard InChI is InChI=1S/C16H25NO2S/c1-13(14-8-6-5-7-9-14)10-11-20-12-17-15(18)19-16(2,3)4/h5-9,13H,10-12H2,1-4H3,(H,17,18). The van der Waals surface area contributed by atoms with Crippen LogP contribution in [0.3, 0.4) is 0 Å². The quantitative estimate of drug-likeness (QED) is 0.624. The summed E-state index contributed by atoms with van der Waals surface area (Å²) in [6, 6.07) is 10.5. The number of carbonyl (C=O) groups excluding carboxylic acids is 1. The Morgan fingerprint density at radius 2 is 1.95 bits per heavy atom. The highest BCUT2D eigenvalue weighted by Gasteiger charge is 2.15. The van der Waals surface area contributed by atoms with Crippen LogP contribution in [-0.4, -0.2) is 23.3 Å². The van der Waals surface area contributed by atoms with Crippen molar-refractivity contribution >= 4 is 17.9 Å². The van der Waals surface area contributed by atoms with Crippen molar-refractivity contribution < 1.29 is 9.53 Å². The van der Waals surface area contributed by atoms with Gasteiger partial charge in [-0.25, -0.2) is 4.79 Å². The zero-order valence-corrected chi connectivity index (χ0v) is 13.6. The van der Waals surface area contributed by atoms with Gasteiger partial charge in [0.15, 0.2) is 0 Å². The molecule has 0 aliphatic carbocycles. The molecule has 0 aliphatic rings. The van der Waals surface area contributed by atoms with Crippen molar-refractivity contribution in [3.63, 3.8) is 0 Å². The number of alkyl carbamates (subject to hydrolysis) is 1. The molecular formula is C16H25NO2S. The van der Waals surface area contributed by atoms with Gasteiger partial charge in [0, 0.05) is 0 Å². The first kappa shape index (κ1) is 16.9. The number of ether oxygens (including phenoxy) is 1. The summed E-state index contributed by atoms with van der Waals surface area (Å²) in [6.45, 7) is 7.82. The fourth-order valence-electron chi connectivity index (χ4n) is 1.70. The minimum Gasteiger partial charge on any atom is -0.444 e. The van der Waals surface area contributed by atoms with Gasteiger partial charge in [0.05, 0.1) is 5.88 Å². The van der Waals surface area contributed by atoms with Crippen LogP contribution >= 0.6 is 11.8 Å². The zero-order valence-electron chi connectivity index (χ0n) is 12.8. The van der Waals surface area contributed by atoms with Crippen molar-refractivity contribution in [1.82, 2.24) is 5.32 Å². The van der Waals surface area contributed by atoms with Crippen molar-refractivity contribution in [2.75, 3.05) is 11.6 Å². The van der Waals surface area contributed by atoms with Crippen molar-refractivity contribution in [3.05, 3.63) is 35.9 Å². The van der Waals surface area contributed by atoms with Gasteiger partial charge in [-0.15, -0.1) is 11.8 Å². The second kappa shape index (κ2) is 8.20. The molecule has 3 nitrogen and oxygen atoms in total. The summed E-state index contributed by atoms with van der Waals surface area (Å²) in [4.78, 5) is 11.4. The highest BCUT2D eigenvalue weighted by atomic mass is 32.2. The molecule has 1 rings (SSSR count). The number of hydrogen-bond donors (Lipinski definition) is 1. The van der Waals surface area contributed by atoms with Gasteiger partial charge in [0.2, 0.25) is 0 Å². The topological polar surface area (TPSA) is 38.3 Å². The van der Waals surface area contributed by atoms with Crippen LogP contribution in [0.4, 0.5) is 4.79 Å². The van der Waals surface area contributed by atoms with E-state index in [1.165, 1.54) is 5.56 Å². The SMILES string of the molecule is CC(CCSCNC(=O)OC(C)(C)C)c1ccccc1. The molecule has 1 aromatic rings. The smallest absolute Gasteiger partial charge is 0.408 e. The highest BCUT2D eigenvalue weighted by molar-refractivity contribution is 7.99. The summed E-state index contributed by atoms with van der Waals surface area (Å²) >= 11 is 1.72. The van der Waals surface area contributed by atoms with Crippen molar-refractivity contribution in [2.24, 2.45) is 0 Å². The average Bonchev–Trinajstić information content (AvgIpc) is 2.37. The highest BCUT2D eigenvalue weighted by Crippen LogP contribution is 2.20. The third kappa shape index (κ3) is 7.43. The molecule has 0 heterocycles. The van der Waals surface area contributed by atoms with Crippen LogP contribution in [0.1, 0.15) is 45.6 Å². The number of benzene rings is 1. The van der Waals surface area contributed by atoms with Gasteiger partial charge >= 0.3 is 6.09 Å². The van der Waals surface area contributed by atoms with E-state index in [0.717, 1.165) is 12.2 Å². The van der Waals surface area contributed by atoms with Crippen molar-refractivity contribution in [2.45, 2.75) is 45.6 Å². The van der Waals surface area contributed by atoms with Crippen LogP contribution < -0.4 is 5.32 Å². The summed E-state index contributed by atoms with van der Waals surface area (Å²) in [7, 11) is 0. The minimum absolute atomic E-state index is 0.346. The molecule has 1 atom stereocenters. The average molecular weight is 295 g/mol. The molecule has 4 heteroatoms. The summed E-state index contributed by atoms with van der Waals surface area (Å²) in [5, 5.41) is 2.75. The predicted octanol–water partition coefficient (Wildman–Crippen LogP) is 4.40. The van der Waals surface area contributed by atoms with E-state index in [1.807, 2.05) is 26.8 Å². The lowest BCUT2D eigenvalue weighted by molar-refractivity contribution is 0.0538. The molecule has 0 saturated heterocycles. The first-order valence-corrected chi connectivity index (χ1v) is 8.13. The van der Waals surface area contributed by atoms with Gasteiger partial charge in [-0.1, -0.05) is 37.3 Å². The first-order chi connectivity index (χ1) is 9.38. The molecule has 0 aliphatic heterocycles. The Morgan fingerprint density at radius 1 is 1.30 bits per heavy atom. The van der Waals surface area contributed by atoms with Crippen molar-refractivity contribution in [3.8, 4) is 0 Å². The largest absolute Gasteiger partial charge is 0.444 e. The molecular weight excluding hydrogens is 270 g/mol. The van der Waals surface area contributed by atoms with Gasteiger partial charge in [0.25, 0.3) is 0 Å². The van der Waals surface area contributed by atoms with Crippen LogP contribution in [0.5, 0.6) is 0 Å². The lowest BCUT2D eigenvalue weighted by atomic mass is 9.99. The maximum absolute atomic E-state index is 11.4. The fraction of sp³-hybridized carbons (Fsp3) is 0.562. The van der Waals surface area contributed by atoms with Crippen LogP contribution in [0.2, 0.25) is 0 Å². The number of amides is 1. The van der Waals surface area contributed by atoms with E-state index in [-0.39, 0.29) is 6.09 Å². The van der Waals surface area contributed by atoms with Gasteiger partial charge in [0.1, 0.15) is 5.60 Å². The van der Waals surface area contributed by atoms with E-state index in [1.54, 1.807) is 11.8 Å². The number of carbonyl (C=O) groups is 1. The Labute approximate surface area is 126 Å². The molecule has 112 valence electrons. The maximum Gasteiger partial charge on any atom is 0.408 e. The zero-order chi connectivity index (χ0) is 15.0. The van der Waals surface area contributed by atoms with Crippen LogP contribution in [0, 0.1) is 0 Å². The first-order valence-electron chi connectivity index (χ1n) is 6.98. The normalized spacial score (nSPS) is 12.8. The fourth-order valence-corrected chi connectivity index (χ4v) is 2.59. The molecule has 0 aromatic heterocycles.